The van der Waals surface area contributed by atoms with Crippen LogP contribution in [-0.2, 0) is 17.8 Å². The minimum absolute atomic E-state index is 0.174. The second kappa shape index (κ2) is 6.24. The first-order chi connectivity index (χ1) is 10.3. The molecule has 1 N–H and O–H groups in total. The van der Waals surface area contributed by atoms with E-state index in [1.807, 2.05) is 18.2 Å². The number of rotatable bonds is 4. The van der Waals surface area contributed by atoms with E-state index in [9.17, 15) is 4.39 Å². The van der Waals surface area contributed by atoms with Gasteiger partial charge in [-0.05, 0) is 35.2 Å². The van der Waals surface area contributed by atoms with Crippen molar-refractivity contribution in [1.29, 1.82) is 0 Å². The molecule has 0 bridgehead atoms. The highest BCUT2D eigenvalue weighted by molar-refractivity contribution is 5.32. The van der Waals surface area contributed by atoms with E-state index in [0.717, 1.165) is 12.0 Å². The Kier molecular flexibility index (Phi) is 4.18. The van der Waals surface area contributed by atoms with Crippen molar-refractivity contribution in [2.45, 2.75) is 19.1 Å². The van der Waals surface area contributed by atoms with Crippen molar-refractivity contribution in [3.8, 4) is 5.75 Å². The van der Waals surface area contributed by atoms with Gasteiger partial charge in [-0.25, -0.2) is 4.39 Å². The summed E-state index contributed by atoms with van der Waals surface area (Å²) in [6.07, 6.45) is 0.721. The number of aliphatic hydroxyl groups is 1. The molecule has 110 valence electrons. The minimum Gasteiger partial charge on any atom is -0.487 e. The molecule has 21 heavy (non-hydrogen) atoms. The quantitative estimate of drug-likeness (QED) is 0.940. The predicted molar refractivity (Wildman–Crippen MR) is 76.7 cm³/mol. The van der Waals surface area contributed by atoms with E-state index in [4.69, 9.17) is 14.6 Å². The Bertz CT molecular complexity index is 627. The van der Waals surface area contributed by atoms with Crippen LogP contribution in [0.1, 0.15) is 22.8 Å². The molecule has 0 aliphatic carbocycles. The van der Waals surface area contributed by atoms with Gasteiger partial charge in [-0.1, -0.05) is 30.3 Å². The van der Waals surface area contributed by atoms with Crippen molar-refractivity contribution in [2.75, 3.05) is 13.2 Å². The first kappa shape index (κ1) is 14.0. The number of fused-ring (bicyclic) bond motifs is 1. The third-order valence-electron chi connectivity index (χ3n) is 3.66. The van der Waals surface area contributed by atoms with Crippen molar-refractivity contribution < 1.29 is 19.0 Å². The van der Waals surface area contributed by atoms with E-state index >= 15 is 0 Å². The molecule has 1 unspecified atom stereocenters. The molecular formula is C17H17FO3. The number of benzene rings is 2. The molecule has 0 radical (unpaired) electrons. The Labute approximate surface area is 122 Å². The van der Waals surface area contributed by atoms with Crippen LogP contribution in [0.25, 0.3) is 0 Å². The Morgan fingerprint density at radius 3 is 2.90 bits per heavy atom. The van der Waals surface area contributed by atoms with Gasteiger partial charge in [-0.3, -0.25) is 0 Å². The topological polar surface area (TPSA) is 38.7 Å². The molecule has 0 amide bonds. The maximum atomic E-state index is 13.8. The lowest BCUT2D eigenvalue weighted by molar-refractivity contribution is 0.00934. The number of aliphatic hydroxyl groups excluding tert-OH is 1. The summed E-state index contributed by atoms with van der Waals surface area (Å²) in [7, 11) is 0. The standard InChI is InChI=1S/C17H17FO3/c18-15-9-12(10-19)5-6-16(15)21-11-17-14-4-2-1-3-13(14)7-8-20-17/h1-6,9,17,19H,7-8,10-11H2. The fraction of sp³-hybridized carbons (Fsp3) is 0.294. The Hall–Kier alpha value is -1.91. The van der Waals surface area contributed by atoms with Crippen LogP contribution >= 0.6 is 0 Å². The summed E-state index contributed by atoms with van der Waals surface area (Å²) < 4.78 is 25.1. The fourth-order valence-corrected chi connectivity index (χ4v) is 2.54. The van der Waals surface area contributed by atoms with Gasteiger partial charge >= 0.3 is 0 Å². The molecule has 4 heteroatoms. The van der Waals surface area contributed by atoms with E-state index in [0.29, 0.717) is 12.2 Å². The first-order valence-corrected chi connectivity index (χ1v) is 6.99. The molecule has 1 aliphatic rings. The van der Waals surface area contributed by atoms with Crippen LogP contribution in [0.3, 0.4) is 0 Å². The number of ether oxygens (including phenoxy) is 2. The summed E-state index contributed by atoms with van der Waals surface area (Å²) >= 11 is 0. The monoisotopic (exact) mass is 288 g/mol. The number of halogens is 1. The smallest absolute Gasteiger partial charge is 0.165 e. The lowest BCUT2D eigenvalue weighted by Crippen LogP contribution is -2.21. The summed E-state index contributed by atoms with van der Waals surface area (Å²) in [6, 6.07) is 12.6. The third kappa shape index (κ3) is 3.06. The van der Waals surface area contributed by atoms with Gasteiger partial charge < -0.3 is 14.6 Å². The summed E-state index contributed by atoms with van der Waals surface area (Å²) in [5.74, 6) is -0.288. The zero-order valence-electron chi connectivity index (χ0n) is 11.6. The van der Waals surface area contributed by atoms with Crippen molar-refractivity contribution in [2.24, 2.45) is 0 Å². The van der Waals surface area contributed by atoms with Gasteiger partial charge in [0.25, 0.3) is 0 Å². The zero-order chi connectivity index (χ0) is 14.7. The second-order valence-electron chi connectivity index (χ2n) is 5.04. The fourth-order valence-electron chi connectivity index (χ4n) is 2.54. The average Bonchev–Trinajstić information content (AvgIpc) is 2.53. The lowest BCUT2D eigenvalue weighted by atomic mass is 9.98. The SMILES string of the molecule is OCc1ccc(OCC2OCCc3ccccc32)c(F)c1. The van der Waals surface area contributed by atoms with Crippen LogP contribution in [0.5, 0.6) is 5.75 Å². The van der Waals surface area contributed by atoms with Gasteiger partial charge in [0, 0.05) is 0 Å². The summed E-state index contributed by atoms with van der Waals surface area (Å²) in [6.45, 7) is 0.736. The zero-order valence-corrected chi connectivity index (χ0v) is 11.6. The molecule has 1 aliphatic heterocycles. The van der Waals surface area contributed by atoms with Crippen molar-refractivity contribution in [3.05, 3.63) is 65.0 Å². The molecule has 0 saturated carbocycles. The molecule has 1 heterocycles. The largest absolute Gasteiger partial charge is 0.487 e. The second-order valence-corrected chi connectivity index (χ2v) is 5.04. The van der Waals surface area contributed by atoms with Crippen LogP contribution in [0.15, 0.2) is 42.5 Å². The van der Waals surface area contributed by atoms with Crippen LogP contribution in [0, 0.1) is 5.82 Å². The van der Waals surface area contributed by atoms with Crippen molar-refractivity contribution >= 4 is 0 Å². The van der Waals surface area contributed by atoms with Gasteiger partial charge in [0.05, 0.1) is 13.2 Å². The number of hydrogen-bond donors (Lipinski definition) is 1. The molecule has 0 saturated heterocycles. The van der Waals surface area contributed by atoms with Crippen LogP contribution in [0.2, 0.25) is 0 Å². The highest BCUT2D eigenvalue weighted by Gasteiger charge is 2.21. The highest BCUT2D eigenvalue weighted by atomic mass is 19.1. The first-order valence-electron chi connectivity index (χ1n) is 6.99. The summed E-state index contributed by atoms with van der Waals surface area (Å²) in [5.41, 5.74) is 2.89. The van der Waals surface area contributed by atoms with Gasteiger partial charge in [0.15, 0.2) is 11.6 Å². The maximum absolute atomic E-state index is 13.8. The Balaban J connectivity index is 1.71. The molecule has 0 fully saturated rings. The molecule has 2 aromatic carbocycles. The Morgan fingerprint density at radius 1 is 1.24 bits per heavy atom. The van der Waals surface area contributed by atoms with E-state index in [1.54, 1.807) is 6.07 Å². The molecular weight excluding hydrogens is 271 g/mol. The summed E-state index contributed by atoms with van der Waals surface area (Å²) in [4.78, 5) is 0. The highest BCUT2D eigenvalue weighted by Crippen LogP contribution is 2.28. The molecule has 3 nitrogen and oxygen atoms in total. The van der Waals surface area contributed by atoms with Gasteiger partial charge in [-0.15, -0.1) is 0 Å². The van der Waals surface area contributed by atoms with Crippen LogP contribution < -0.4 is 4.74 Å². The van der Waals surface area contributed by atoms with Crippen LogP contribution in [0.4, 0.5) is 4.39 Å². The molecule has 3 rings (SSSR count). The van der Waals surface area contributed by atoms with E-state index in [1.165, 1.54) is 17.7 Å². The lowest BCUT2D eigenvalue weighted by Gasteiger charge is -2.26. The van der Waals surface area contributed by atoms with E-state index in [2.05, 4.69) is 6.07 Å². The van der Waals surface area contributed by atoms with E-state index in [-0.39, 0.29) is 25.1 Å². The Morgan fingerprint density at radius 2 is 2.10 bits per heavy atom. The molecule has 0 spiro atoms. The number of hydrogen-bond acceptors (Lipinski definition) is 3. The van der Waals surface area contributed by atoms with Crippen molar-refractivity contribution in [3.63, 3.8) is 0 Å². The van der Waals surface area contributed by atoms with E-state index < -0.39 is 5.82 Å². The average molecular weight is 288 g/mol. The van der Waals surface area contributed by atoms with Gasteiger partial charge in [0.2, 0.25) is 0 Å². The molecule has 2 aromatic rings. The predicted octanol–water partition coefficient (Wildman–Crippen LogP) is 3.01. The molecule has 0 aromatic heterocycles. The van der Waals surface area contributed by atoms with Crippen LogP contribution in [-0.4, -0.2) is 18.3 Å². The van der Waals surface area contributed by atoms with Gasteiger partial charge in [0.1, 0.15) is 12.7 Å². The van der Waals surface area contributed by atoms with Gasteiger partial charge in [-0.2, -0.15) is 0 Å². The summed E-state index contributed by atoms with van der Waals surface area (Å²) in [5, 5.41) is 8.97. The molecule has 1 atom stereocenters. The maximum Gasteiger partial charge on any atom is 0.165 e. The third-order valence-corrected chi connectivity index (χ3v) is 3.66. The van der Waals surface area contributed by atoms with Crippen molar-refractivity contribution in [1.82, 2.24) is 0 Å². The minimum atomic E-state index is -0.467. The normalized spacial score (nSPS) is 17.3.